The molecule has 114 valence electrons. The summed E-state index contributed by atoms with van der Waals surface area (Å²) >= 11 is 0. The smallest absolute Gasteiger partial charge is 0.314 e. The highest BCUT2D eigenvalue weighted by atomic mass is 16.2. The molecule has 2 rings (SSSR count). The molecule has 0 aliphatic heterocycles. The molecule has 4 nitrogen and oxygen atoms in total. The Morgan fingerprint density at radius 1 is 0.727 bits per heavy atom. The lowest BCUT2D eigenvalue weighted by Crippen LogP contribution is -2.29. The molecule has 4 heteroatoms. The third kappa shape index (κ3) is 3.95. The number of hydrogen-bond acceptors (Lipinski definition) is 2. The van der Waals surface area contributed by atoms with E-state index >= 15 is 0 Å². The summed E-state index contributed by atoms with van der Waals surface area (Å²) in [5.41, 5.74) is 5.36. The summed E-state index contributed by atoms with van der Waals surface area (Å²) in [6.07, 6.45) is 0. The highest BCUT2D eigenvalue weighted by Gasteiger charge is 2.15. The van der Waals surface area contributed by atoms with Crippen molar-refractivity contribution >= 4 is 23.2 Å². The van der Waals surface area contributed by atoms with Gasteiger partial charge in [-0.25, -0.2) is 0 Å². The van der Waals surface area contributed by atoms with E-state index < -0.39 is 11.8 Å². The van der Waals surface area contributed by atoms with Gasteiger partial charge in [-0.2, -0.15) is 0 Å². The summed E-state index contributed by atoms with van der Waals surface area (Å²) in [6.45, 7) is 7.76. The molecule has 2 aromatic carbocycles. The zero-order valence-electron chi connectivity index (χ0n) is 13.3. The van der Waals surface area contributed by atoms with Crippen LogP contribution in [-0.2, 0) is 9.59 Å². The number of benzene rings is 2. The lowest BCUT2D eigenvalue weighted by Gasteiger charge is -2.10. The van der Waals surface area contributed by atoms with Crippen LogP contribution in [0.2, 0.25) is 0 Å². The quantitative estimate of drug-likeness (QED) is 0.833. The van der Waals surface area contributed by atoms with Gasteiger partial charge in [-0.1, -0.05) is 23.8 Å². The molecule has 0 saturated heterocycles. The fraction of sp³-hybridized carbons (Fsp3) is 0.222. The molecule has 0 aromatic heterocycles. The van der Waals surface area contributed by atoms with E-state index in [2.05, 4.69) is 10.6 Å². The lowest BCUT2D eigenvalue weighted by atomic mass is 10.1. The van der Waals surface area contributed by atoms with Gasteiger partial charge in [0.2, 0.25) is 0 Å². The number of anilines is 2. The summed E-state index contributed by atoms with van der Waals surface area (Å²) in [5.74, 6) is -1.35. The van der Waals surface area contributed by atoms with E-state index in [1.807, 2.05) is 58.0 Å². The summed E-state index contributed by atoms with van der Waals surface area (Å²) in [7, 11) is 0. The van der Waals surface area contributed by atoms with E-state index in [-0.39, 0.29) is 0 Å². The Bertz CT molecular complexity index is 716. The lowest BCUT2D eigenvalue weighted by molar-refractivity contribution is -0.133. The topological polar surface area (TPSA) is 58.2 Å². The molecule has 0 unspecified atom stereocenters. The molecule has 0 saturated carbocycles. The predicted octanol–water partition coefficient (Wildman–Crippen LogP) is 3.50. The Morgan fingerprint density at radius 3 is 1.91 bits per heavy atom. The van der Waals surface area contributed by atoms with E-state index in [0.717, 1.165) is 22.3 Å². The molecule has 0 bridgehead atoms. The van der Waals surface area contributed by atoms with Gasteiger partial charge in [-0.05, 0) is 62.6 Å². The second-order valence-electron chi connectivity index (χ2n) is 5.60. The SMILES string of the molecule is Cc1cc(C)cc(NC(=O)C(=O)Nc2ccc(C)cc2C)c1. The Labute approximate surface area is 130 Å². The van der Waals surface area contributed by atoms with Crippen molar-refractivity contribution in [3.63, 3.8) is 0 Å². The second kappa shape index (κ2) is 6.43. The van der Waals surface area contributed by atoms with Gasteiger partial charge in [0.1, 0.15) is 0 Å². The molecule has 0 heterocycles. The van der Waals surface area contributed by atoms with Gasteiger partial charge in [0.25, 0.3) is 0 Å². The van der Waals surface area contributed by atoms with Crippen LogP contribution in [-0.4, -0.2) is 11.8 Å². The van der Waals surface area contributed by atoms with Crippen LogP contribution in [0.3, 0.4) is 0 Å². The van der Waals surface area contributed by atoms with Crippen molar-refractivity contribution in [2.24, 2.45) is 0 Å². The number of nitrogens with one attached hydrogen (secondary N) is 2. The van der Waals surface area contributed by atoms with Crippen LogP contribution < -0.4 is 10.6 Å². The molecule has 0 fully saturated rings. The molecule has 2 aromatic rings. The minimum absolute atomic E-state index is 0.623. The van der Waals surface area contributed by atoms with Crippen molar-refractivity contribution in [3.8, 4) is 0 Å². The maximum Gasteiger partial charge on any atom is 0.314 e. The van der Waals surface area contributed by atoms with Crippen molar-refractivity contribution in [1.29, 1.82) is 0 Å². The third-order valence-electron chi connectivity index (χ3n) is 3.32. The monoisotopic (exact) mass is 296 g/mol. The first-order valence-electron chi connectivity index (χ1n) is 7.13. The summed E-state index contributed by atoms with van der Waals surface area (Å²) in [4.78, 5) is 24.0. The molecular weight excluding hydrogens is 276 g/mol. The molecule has 0 spiro atoms. The standard InChI is InChI=1S/C18H20N2O2/c1-11-5-6-16(14(4)8-11)20-18(22)17(21)19-15-9-12(2)7-13(3)10-15/h5-10H,1-4H3,(H,19,21)(H,20,22). The summed E-state index contributed by atoms with van der Waals surface area (Å²) < 4.78 is 0. The van der Waals surface area contributed by atoms with E-state index in [0.29, 0.717) is 11.4 Å². The largest absolute Gasteiger partial charge is 0.318 e. The van der Waals surface area contributed by atoms with Crippen molar-refractivity contribution in [2.45, 2.75) is 27.7 Å². The van der Waals surface area contributed by atoms with Crippen LogP contribution in [0.1, 0.15) is 22.3 Å². The highest BCUT2D eigenvalue weighted by Crippen LogP contribution is 2.17. The number of carbonyl (C=O) groups excluding carboxylic acids is 2. The van der Waals surface area contributed by atoms with E-state index in [1.165, 1.54) is 0 Å². The molecule has 2 N–H and O–H groups in total. The van der Waals surface area contributed by atoms with Gasteiger partial charge in [-0.3, -0.25) is 9.59 Å². The number of amides is 2. The Kier molecular flexibility index (Phi) is 4.61. The van der Waals surface area contributed by atoms with Gasteiger partial charge in [-0.15, -0.1) is 0 Å². The Balaban J connectivity index is 2.07. The van der Waals surface area contributed by atoms with Crippen molar-refractivity contribution in [2.75, 3.05) is 10.6 Å². The van der Waals surface area contributed by atoms with E-state index in [4.69, 9.17) is 0 Å². The highest BCUT2D eigenvalue weighted by molar-refractivity contribution is 6.43. The third-order valence-corrected chi connectivity index (χ3v) is 3.32. The first kappa shape index (κ1) is 15.8. The van der Waals surface area contributed by atoms with Crippen LogP contribution in [0.4, 0.5) is 11.4 Å². The normalized spacial score (nSPS) is 10.2. The first-order valence-corrected chi connectivity index (χ1v) is 7.13. The maximum absolute atomic E-state index is 12.0. The molecule has 2 amide bonds. The first-order chi connectivity index (χ1) is 10.3. The molecule has 0 atom stereocenters. The van der Waals surface area contributed by atoms with Gasteiger partial charge >= 0.3 is 11.8 Å². The van der Waals surface area contributed by atoms with Gasteiger partial charge in [0.05, 0.1) is 0 Å². The molecule has 0 aliphatic carbocycles. The maximum atomic E-state index is 12.0. The zero-order chi connectivity index (χ0) is 16.3. The minimum atomic E-state index is -0.676. The number of aryl methyl sites for hydroxylation is 4. The Morgan fingerprint density at radius 2 is 1.32 bits per heavy atom. The second-order valence-corrected chi connectivity index (χ2v) is 5.60. The summed E-state index contributed by atoms with van der Waals surface area (Å²) in [6, 6.07) is 11.3. The molecular formula is C18H20N2O2. The Hall–Kier alpha value is -2.62. The van der Waals surface area contributed by atoms with Crippen LogP contribution in [0, 0.1) is 27.7 Å². The van der Waals surface area contributed by atoms with Gasteiger partial charge in [0, 0.05) is 11.4 Å². The minimum Gasteiger partial charge on any atom is -0.318 e. The number of rotatable bonds is 2. The molecule has 0 radical (unpaired) electrons. The zero-order valence-corrected chi connectivity index (χ0v) is 13.3. The van der Waals surface area contributed by atoms with Gasteiger partial charge in [0.15, 0.2) is 0 Å². The van der Waals surface area contributed by atoms with Crippen LogP contribution in [0.15, 0.2) is 36.4 Å². The summed E-state index contributed by atoms with van der Waals surface area (Å²) in [5, 5.41) is 5.26. The van der Waals surface area contributed by atoms with Crippen molar-refractivity contribution < 1.29 is 9.59 Å². The average molecular weight is 296 g/mol. The molecule has 22 heavy (non-hydrogen) atoms. The van der Waals surface area contributed by atoms with Crippen LogP contribution in [0.5, 0.6) is 0 Å². The average Bonchev–Trinajstić information content (AvgIpc) is 2.40. The van der Waals surface area contributed by atoms with E-state index in [9.17, 15) is 9.59 Å². The fourth-order valence-corrected chi connectivity index (χ4v) is 2.37. The van der Waals surface area contributed by atoms with E-state index in [1.54, 1.807) is 6.07 Å². The predicted molar refractivity (Wildman–Crippen MR) is 89.1 cm³/mol. The number of hydrogen-bond donors (Lipinski definition) is 2. The number of carbonyl (C=O) groups is 2. The van der Waals surface area contributed by atoms with Crippen molar-refractivity contribution in [3.05, 3.63) is 58.7 Å². The fourth-order valence-electron chi connectivity index (χ4n) is 2.37. The van der Waals surface area contributed by atoms with Crippen molar-refractivity contribution in [1.82, 2.24) is 0 Å². The van der Waals surface area contributed by atoms with Crippen LogP contribution in [0.25, 0.3) is 0 Å². The van der Waals surface area contributed by atoms with Crippen LogP contribution >= 0.6 is 0 Å². The van der Waals surface area contributed by atoms with Gasteiger partial charge < -0.3 is 10.6 Å². The molecule has 0 aliphatic rings.